The normalized spacial score (nSPS) is 16.5. The number of piperidine rings is 1. The molecule has 7 nitrogen and oxygen atoms in total. The van der Waals surface area contributed by atoms with Gasteiger partial charge in [0.25, 0.3) is 0 Å². The average Bonchev–Trinajstić information content (AvgIpc) is 2.81. The number of ether oxygens (including phenoxy) is 3. The Labute approximate surface area is 182 Å². The predicted molar refractivity (Wildman–Crippen MR) is 107 cm³/mol. The van der Waals surface area contributed by atoms with Crippen LogP contribution in [0.2, 0.25) is 0 Å². The highest BCUT2D eigenvalue weighted by molar-refractivity contribution is 5.98. The van der Waals surface area contributed by atoms with E-state index in [0.29, 0.717) is 62.0 Å². The Morgan fingerprint density at radius 1 is 1.06 bits per heavy atom. The second-order valence-corrected chi connectivity index (χ2v) is 7.55. The third-order valence-corrected chi connectivity index (χ3v) is 5.44. The van der Waals surface area contributed by atoms with E-state index in [1.807, 2.05) is 4.90 Å². The summed E-state index contributed by atoms with van der Waals surface area (Å²) in [6.45, 7) is 1.38. The third kappa shape index (κ3) is 4.95. The summed E-state index contributed by atoms with van der Waals surface area (Å²) in [5.74, 6) is 0.293. The number of hydrogen-bond donors (Lipinski definition) is 0. The number of Topliss-reactive ketones (excluding diaryl/α,β-unsaturated/α-hetero) is 1. The fraction of sp³-hybridized carbons (Fsp3) is 0.409. The van der Waals surface area contributed by atoms with Gasteiger partial charge < -0.3 is 19.1 Å². The molecule has 1 aromatic heterocycles. The van der Waals surface area contributed by atoms with Crippen LogP contribution in [0.5, 0.6) is 11.5 Å². The van der Waals surface area contributed by atoms with E-state index in [1.54, 1.807) is 18.2 Å². The Bertz CT molecular complexity index is 986. The lowest BCUT2D eigenvalue weighted by Gasteiger charge is -2.31. The molecule has 2 aromatic rings. The maximum atomic E-state index is 12.7. The number of halogens is 3. The minimum Gasteiger partial charge on any atom is -0.486 e. The van der Waals surface area contributed by atoms with Crippen molar-refractivity contribution >= 4 is 17.6 Å². The zero-order valence-electron chi connectivity index (χ0n) is 17.1. The molecule has 10 heteroatoms. The lowest BCUT2D eigenvalue weighted by atomic mass is 9.97. The summed E-state index contributed by atoms with van der Waals surface area (Å²) in [5, 5.41) is 0. The van der Waals surface area contributed by atoms with Gasteiger partial charge in [-0.1, -0.05) is 0 Å². The lowest BCUT2D eigenvalue weighted by molar-refractivity contribution is -0.148. The van der Waals surface area contributed by atoms with Crippen molar-refractivity contribution < 1.29 is 37.0 Å². The van der Waals surface area contributed by atoms with Crippen LogP contribution in [0.25, 0.3) is 0 Å². The minimum absolute atomic E-state index is 0.346. The van der Waals surface area contributed by atoms with Gasteiger partial charge in [0.05, 0.1) is 11.5 Å². The Morgan fingerprint density at radius 2 is 1.78 bits per heavy atom. The smallest absolute Gasteiger partial charge is 0.417 e. The number of nitrogens with zero attached hydrogens (tertiary/aromatic N) is 2. The number of aromatic nitrogens is 1. The van der Waals surface area contributed by atoms with Gasteiger partial charge in [-0.15, -0.1) is 0 Å². The second kappa shape index (κ2) is 9.05. The second-order valence-electron chi connectivity index (χ2n) is 7.55. The fourth-order valence-electron chi connectivity index (χ4n) is 3.64. The molecule has 0 radical (unpaired) electrons. The highest BCUT2D eigenvalue weighted by atomic mass is 19.4. The lowest BCUT2D eigenvalue weighted by Crippen LogP contribution is -2.37. The van der Waals surface area contributed by atoms with Crippen molar-refractivity contribution in [2.75, 3.05) is 37.8 Å². The number of fused-ring (bicyclic) bond motifs is 1. The molecule has 1 aromatic carbocycles. The van der Waals surface area contributed by atoms with E-state index in [4.69, 9.17) is 14.2 Å². The van der Waals surface area contributed by atoms with Crippen LogP contribution in [0.4, 0.5) is 19.0 Å². The van der Waals surface area contributed by atoms with E-state index in [9.17, 15) is 22.8 Å². The van der Waals surface area contributed by atoms with Crippen LogP contribution in [0.3, 0.4) is 0 Å². The summed E-state index contributed by atoms with van der Waals surface area (Å²) in [6.07, 6.45) is -2.71. The monoisotopic (exact) mass is 450 g/mol. The minimum atomic E-state index is -4.43. The molecule has 0 saturated carbocycles. The quantitative estimate of drug-likeness (QED) is 0.510. The molecule has 4 rings (SSSR count). The van der Waals surface area contributed by atoms with E-state index in [2.05, 4.69) is 4.98 Å². The molecule has 0 N–H and O–H groups in total. The molecular formula is C22H21F3N2O5. The highest BCUT2D eigenvalue weighted by Crippen LogP contribution is 2.32. The zero-order valence-corrected chi connectivity index (χ0v) is 17.1. The number of anilines is 1. The van der Waals surface area contributed by atoms with Crippen LogP contribution in [0, 0.1) is 5.92 Å². The van der Waals surface area contributed by atoms with E-state index in [-0.39, 0.29) is 18.3 Å². The third-order valence-electron chi connectivity index (χ3n) is 5.44. The first-order chi connectivity index (χ1) is 15.3. The Morgan fingerprint density at radius 3 is 2.44 bits per heavy atom. The summed E-state index contributed by atoms with van der Waals surface area (Å²) in [7, 11) is 0. The molecule has 1 fully saturated rings. The Hall–Kier alpha value is -3.30. The number of esters is 1. The van der Waals surface area contributed by atoms with Crippen LogP contribution < -0.4 is 14.4 Å². The number of hydrogen-bond acceptors (Lipinski definition) is 7. The highest BCUT2D eigenvalue weighted by Gasteiger charge is 2.32. The average molecular weight is 450 g/mol. The number of ketones is 1. The van der Waals surface area contributed by atoms with E-state index >= 15 is 0 Å². The van der Waals surface area contributed by atoms with Crippen LogP contribution in [-0.4, -0.2) is 49.6 Å². The maximum absolute atomic E-state index is 12.7. The van der Waals surface area contributed by atoms with Gasteiger partial charge in [-0.05, 0) is 43.2 Å². The van der Waals surface area contributed by atoms with Crippen LogP contribution >= 0.6 is 0 Å². The van der Waals surface area contributed by atoms with Gasteiger partial charge in [0.2, 0.25) is 0 Å². The molecule has 0 atom stereocenters. The first-order valence-electron chi connectivity index (χ1n) is 10.2. The summed E-state index contributed by atoms with van der Waals surface area (Å²) in [6, 6.07) is 7.13. The maximum Gasteiger partial charge on any atom is 0.417 e. The summed E-state index contributed by atoms with van der Waals surface area (Å²) in [4.78, 5) is 30.5. The van der Waals surface area contributed by atoms with Gasteiger partial charge in [-0.3, -0.25) is 9.59 Å². The van der Waals surface area contributed by atoms with Crippen molar-refractivity contribution in [2.45, 2.75) is 19.0 Å². The van der Waals surface area contributed by atoms with Crippen LogP contribution in [-0.2, 0) is 15.7 Å². The van der Waals surface area contributed by atoms with Gasteiger partial charge in [0, 0.05) is 24.8 Å². The first-order valence-corrected chi connectivity index (χ1v) is 10.2. The number of carbonyl (C=O) groups is 2. The van der Waals surface area contributed by atoms with Crippen molar-refractivity contribution in [1.29, 1.82) is 0 Å². The summed E-state index contributed by atoms with van der Waals surface area (Å²) >= 11 is 0. The molecule has 3 heterocycles. The zero-order chi connectivity index (χ0) is 22.7. The number of pyridine rings is 1. The van der Waals surface area contributed by atoms with Crippen LogP contribution in [0.1, 0.15) is 28.8 Å². The SMILES string of the molecule is O=C(COC(=O)C1CCN(c2ccc(C(F)(F)F)cn2)CC1)c1ccc2c(c1)OCCO2. The molecule has 0 aliphatic carbocycles. The number of alkyl halides is 3. The van der Waals surface area contributed by atoms with Gasteiger partial charge in [0.1, 0.15) is 19.0 Å². The van der Waals surface area contributed by atoms with E-state index in [1.165, 1.54) is 6.07 Å². The Balaban J connectivity index is 1.26. The molecule has 0 spiro atoms. The van der Waals surface area contributed by atoms with Crippen LogP contribution in [0.15, 0.2) is 36.5 Å². The summed E-state index contributed by atoms with van der Waals surface area (Å²) in [5.41, 5.74) is -0.437. The summed E-state index contributed by atoms with van der Waals surface area (Å²) < 4.78 is 54.1. The number of rotatable bonds is 5. The first kappa shape index (κ1) is 21.9. The largest absolute Gasteiger partial charge is 0.486 e. The Kier molecular flexibility index (Phi) is 6.20. The number of carbonyl (C=O) groups excluding carboxylic acids is 2. The topological polar surface area (TPSA) is 78.0 Å². The molecule has 170 valence electrons. The van der Waals surface area contributed by atoms with Crippen molar-refractivity contribution in [3.8, 4) is 11.5 Å². The van der Waals surface area contributed by atoms with Gasteiger partial charge in [0.15, 0.2) is 23.9 Å². The van der Waals surface area contributed by atoms with E-state index in [0.717, 1.165) is 12.3 Å². The van der Waals surface area contributed by atoms with Crippen molar-refractivity contribution in [1.82, 2.24) is 4.98 Å². The van der Waals surface area contributed by atoms with Crippen molar-refractivity contribution in [3.63, 3.8) is 0 Å². The molecule has 2 aliphatic rings. The molecule has 1 saturated heterocycles. The number of benzene rings is 1. The predicted octanol–water partition coefficient (Wildman–Crippen LogP) is 3.51. The van der Waals surface area contributed by atoms with Gasteiger partial charge >= 0.3 is 12.1 Å². The molecule has 0 bridgehead atoms. The fourth-order valence-corrected chi connectivity index (χ4v) is 3.64. The van der Waals surface area contributed by atoms with Crippen molar-refractivity contribution in [2.24, 2.45) is 5.92 Å². The van der Waals surface area contributed by atoms with E-state index < -0.39 is 17.7 Å². The van der Waals surface area contributed by atoms with Crippen molar-refractivity contribution in [3.05, 3.63) is 47.7 Å². The molecule has 0 unspecified atom stereocenters. The molecular weight excluding hydrogens is 429 g/mol. The van der Waals surface area contributed by atoms with Gasteiger partial charge in [-0.25, -0.2) is 4.98 Å². The molecule has 0 amide bonds. The standard InChI is InChI=1S/C22H21F3N2O5/c23-22(24,25)16-2-4-20(26-12-16)27-7-5-14(6-8-27)21(29)32-13-17(28)15-1-3-18-19(11-15)31-10-9-30-18/h1-4,11-12,14H,5-10,13H2. The van der Waals surface area contributed by atoms with Gasteiger partial charge in [-0.2, -0.15) is 13.2 Å². The molecule has 2 aliphatic heterocycles. The molecule has 32 heavy (non-hydrogen) atoms.